The third-order valence-electron chi connectivity index (χ3n) is 5.91. The Bertz CT molecular complexity index is 1140. The van der Waals surface area contributed by atoms with Gasteiger partial charge >= 0.3 is 5.97 Å². The second kappa shape index (κ2) is 13.9. The summed E-state index contributed by atoms with van der Waals surface area (Å²) in [4.78, 5) is 25.8. The van der Waals surface area contributed by atoms with E-state index in [9.17, 15) is 9.59 Å². The van der Waals surface area contributed by atoms with Crippen molar-refractivity contribution in [1.29, 1.82) is 0 Å². The standard InChI is InChI=1S/C27H33ClN4O5/c1-3-37-26(35)27(2,18-36-13-5-12-33)16-23(30-25(34)24-17-29-32-31-24)14-19-8-10-20(11-9-19)21-6-4-7-22(28)15-21/h4,6-11,15,17,23,33H,3,5,12-14,16,18H2,1-2H3,(H,30,34)(H,29,31,32)/t23-,27?/m1/s1. The number of amides is 1. The Kier molecular flexibility index (Phi) is 10.6. The molecule has 2 aromatic carbocycles. The highest BCUT2D eigenvalue weighted by molar-refractivity contribution is 6.30. The van der Waals surface area contributed by atoms with Crippen LogP contribution in [0, 0.1) is 5.41 Å². The van der Waals surface area contributed by atoms with E-state index >= 15 is 0 Å². The molecule has 0 aliphatic carbocycles. The maximum absolute atomic E-state index is 13.0. The molecule has 0 bridgehead atoms. The zero-order valence-electron chi connectivity index (χ0n) is 21.1. The Hall–Kier alpha value is -3.27. The number of ether oxygens (including phenoxy) is 2. The summed E-state index contributed by atoms with van der Waals surface area (Å²) in [6, 6.07) is 15.2. The summed E-state index contributed by atoms with van der Waals surface area (Å²) < 4.78 is 11.0. The molecule has 3 aromatic rings. The number of nitrogens with one attached hydrogen (secondary N) is 2. The Labute approximate surface area is 221 Å². The monoisotopic (exact) mass is 528 g/mol. The van der Waals surface area contributed by atoms with Gasteiger partial charge in [0, 0.05) is 24.3 Å². The van der Waals surface area contributed by atoms with Crippen LogP contribution >= 0.6 is 11.6 Å². The summed E-state index contributed by atoms with van der Waals surface area (Å²) >= 11 is 6.14. The number of hydrogen-bond donors (Lipinski definition) is 3. The predicted molar refractivity (Wildman–Crippen MR) is 140 cm³/mol. The molecule has 0 radical (unpaired) electrons. The van der Waals surface area contributed by atoms with E-state index < -0.39 is 23.3 Å². The lowest BCUT2D eigenvalue weighted by Gasteiger charge is -2.31. The fraction of sp³-hybridized carbons (Fsp3) is 0.407. The van der Waals surface area contributed by atoms with Crippen LogP contribution in [0.5, 0.6) is 0 Å². The van der Waals surface area contributed by atoms with E-state index in [0.29, 0.717) is 24.5 Å². The smallest absolute Gasteiger partial charge is 0.314 e. The lowest BCUT2D eigenvalue weighted by atomic mass is 9.82. The number of aliphatic hydroxyl groups is 1. The number of rotatable bonds is 14. The lowest BCUT2D eigenvalue weighted by molar-refractivity contribution is -0.159. The minimum Gasteiger partial charge on any atom is -0.466 e. The van der Waals surface area contributed by atoms with Crippen LogP contribution < -0.4 is 5.32 Å². The van der Waals surface area contributed by atoms with Crippen molar-refractivity contribution in [2.45, 2.75) is 39.2 Å². The molecule has 3 rings (SSSR count). The van der Waals surface area contributed by atoms with Gasteiger partial charge in [-0.1, -0.05) is 53.2 Å². The van der Waals surface area contributed by atoms with Crippen LogP contribution in [0.3, 0.4) is 0 Å². The molecule has 0 aliphatic heterocycles. The second-order valence-electron chi connectivity index (χ2n) is 9.06. The first-order chi connectivity index (χ1) is 17.8. The summed E-state index contributed by atoms with van der Waals surface area (Å²) in [7, 11) is 0. The Morgan fingerprint density at radius 1 is 1.19 bits per heavy atom. The van der Waals surface area contributed by atoms with Gasteiger partial charge in [-0.3, -0.25) is 14.7 Å². The molecule has 0 saturated carbocycles. The topological polar surface area (TPSA) is 126 Å². The average molecular weight is 529 g/mol. The number of halogens is 1. The van der Waals surface area contributed by atoms with Gasteiger partial charge in [0.05, 0.1) is 24.8 Å². The van der Waals surface area contributed by atoms with E-state index in [1.165, 1.54) is 6.20 Å². The average Bonchev–Trinajstić information content (AvgIpc) is 3.43. The zero-order chi connectivity index (χ0) is 26.7. The van der Waals surface area contributed by atoms with Crippen molar-refractivity contribution >= 4 is 23.5 Å². The Morgan fingerprint density at radius 3 is 2.62 bits per heavy atom. The third kappa shape index (κ3) is 8.38. The summed E-state index contributed by atoms with van der Waals surface area (Å²) in [5.74, 6) is -0.808. The number of H-pyrrole nitrogens is 1. The molecule has 9 nitrogen and oxygen atoms in total. The van der Waals surface area contributed by atoms with Crippen LogP contribution in [0.4, 0.5) is 0 Å². The van der Waals surface area contributed by atoms with Gasteiger partial charge in [0.15, 0.2) is 5.69 Å². The number of carbonyl (C=O) groups excluding carboxylic acids is 2. The first-order valence-corrected chi connectivity index (χ1v) is 12.6. The van der Waals surface area contributed by atoms with Gasteiger partial charge < -0.3 is 19.9 Å². The van der Waals surface area contributed by atoms with Gasteiger partial charge in [-0.15, -0.1) is 5.10 Å². The van der Waals surface area contributed by atoms with Crippen molar-refractivity contribution in [3.63, 3.8) is 0 Å². The van der Waals surface area contributed by atoms with Crippen LogP contribution in [0.25, 0.3) is 11.1 Å². The zero-order valence-corrected chi connectivity index (χ0v) is 21.8. The summed E-state index contributed by atoms with van der Waals surface area (Å²) in [5.41, 5.74) is 2.13. The van der Waals surface area contributed by atoms with E-state index in [4.69, 9.17) is 26.2 Å². The number of carbonyl (C=O) groups is 2. The van der Waals surface area contributed by atoms with Crippen molar-refractivity contribution < 1.29 is 24.2 Å². The number of aromatic amines is 1. The number of benzene rings is 2. The molecule has 1 aromatic heterocycles. The minimum absolute atomic E-state index is 0.00230. The molecule has 1 unspecified atom stereocenters. The number of aromatic nitrogens is 3. The SMILES string of the molecule is CCOC(=O)C(C)(COCCCO)C[C@@H](Cc1ccc(-c2cccc(Cl)c2)cc1)NC(=O)c1c[nH]nn1. The first-order valence-electron chi connectivity index (χ1n) is 12.2. The van der Waals surface area contributed by atoms with Crippen molar-refractivity contribution in [1.82, 2.24) is 20.7 Å². The van der Waals surface area contributed by atoms with Gasteiger partial charge in [0.1, 0.15) is 0 Å². The molecule has 0 spiro atoms. The van der Waals surface area contributed by atoms with Crippen LogP contribution in [0.1, 0.15) is 42.7 Å². The molecular weight excluding hydrogens is 496 g/mol. The fourth-order valence-corrected chi connectivity index (χ4v) is 4.24. The molecular formula is C27H33ClN4O5. The van der Waals surface area contributed by atoms with E-state index in [1.54, 1.807) is 13.8 Å². The maximum atomic E-state index is 13.0. The third-order valence-corrected chi connectivity index (χ3v) is 6.15. The molecule has 37 heavy (non-hydrogen) atoms. The van der Waals surface area contributed by atoms with E-state index in [2.05, 4.69) is 20.7 Å². The van der Waals surface area contributed by atoms with E-state index in [-0.39, 0.29) is 31.9 Å². The van der Waals surface area contributed by atoms with Gasteiger partial charge in [-0.25, -0.2) is 0 Å². The minimum atomic E-state index is -1.02. The predicted octanol–water partition coefficient (Wildman–Crippen LogP) is 3.82. The summed E-state index contributed by atoms with van der Waals surface area (Å²) in [6.07, 6.45) is 2.61. The van der Waals surface area contributed by atoms with Gasteiger partial charge in [-0.05, 0) is 61.9 Å². The molecule has 0 saturated heterocycles. The highest BCUT2D eigenvalue weighted by Crippen LogP contribution is 2.29. The number of esters is 1. The Morgan fingerprint density at radius 2 is 1.97 bits per heavy atom. The van der Waals surface area contributed by atoms with Crippen LogP contribution in [0.2, 0.25) is 5.02 Å². The molecule has 1 heterocycles. The van der Waals surface area contributed by atoms with E-state index in [0.717, 1.165) is 16.7 Å². The molecule has 198 valence electrons. The Balaban J connectivity index is 1.81. The lowest BCUT2D eigenvalue weighted by Crippen LogP contribution is -2.45. The second-order valence-corrected chi connectivity index (χ2v) is 9.49. The summed E-state index contributed by atoms with van der Waals surface area (Å²) in [5, 5.41) is 22.6. The molecule has 2 atom stereocenters. The van der Waals surface area contributed by atoms with Crippen molar-refractivity contribution in [3.8, 4) is 11.1 Å². The molecule has 0 fully saturated rings. The number of nitrogens with zero attached hydrogens (tertiary/aromatic N) is 2. The van der Waals surface area contributed by atoms with Crippen LogP contribution in [0.15, 0.2) is 54.7 Å². The molecule has 0 aliphatic rings. The molecule has 10 heteroatoms. The normalized spacial score (nSPS) is 13.5. The van der Waals surface area contributed by atoms with E-state index in [1.807, 2.05) is 48.5 Å². The summed E-state index contributed by atoms with van der Waals surface area (Å²) in [6.45, 7) is 4.14. The fourth-order valence-electron chi connectivity index (χ4n) is 4.05. The number of hydrogen-bond acceptors (Lipinski definition) is 7. The molecule has 1 amide bonds. The van der Waals surface area contributed by atoms with Crippen molar-refractivity contribution in [3.05, 3.63) is 71.0 Å². The van der Waals surface area contributed by atoms with Crippen LogP contribution in [-0.4, -0.2) is 64.9 Å². The largest absolute Gasteiger partial charge is 0.466 e. The van der Waals surface area contributed by atoms with Crippen molar-refractivity contribution in [2.75, 3.05) is 26.4 Å². The van der Waals surface area contributed by atoms with Crippen LogP contribution in [-0.2, 0) is 20.7 Å². The quantitative estimate of drug-likeness (QED) is 0.214. The van der Waals surface area contributed by atoms with Gasteiger partial charge in [0.25, 0.3) is 5.91 Å². The maximum Gasteiger partial charge on any atom is 0.314 e. The van der Waals surface area contributed by atoms with Gasteiger partial charge in [0.2, 0.25) is 0 Å². The highest BCUT2D eigenvalue weighted by Gasteiger charge is 2.38. The first kappa shape index (κ1) is 28.3. The van der Waals surface area contributed by atoms with Crippen molar-refractivity contribution in [2.24, 2.45) is 5.41 Å². The van der Waals surface area contributed by atoms with Gasteiger partial charge in [-0.2, -0.15) is 0 Å². The highest BCUT2D eigenvalue weighted by atomic mass is 35.5. The number of aliphatic hydroxyl groups excluding tert-OH is 1. The molecule has 3 N–H and O–H groups in total.